The van der Waals surface area contributed by atoms with E-state index in [1.54, 1.807) is 24.1 Å². The van der Waals surface area contributed by atoms with Gasteiger partial charge in [0.15, 0.2) is 0 Å². The van der Waals surface area contributed by atoms with Crippen molar-refractivity contribution in [2.24, 2.45) is 0 Å². The first-order valence-corrected chi connectivity index (χ1v) is 10.0. The van der Waals surface area contributed by atoms with Gasteiger partial charge in [0.05, 0.1) is 6.61 Å². The van der Waals surface area contributed by atoms with Gasteiger partial charge in [-0.15, -0.1) is 0 Å². The van der Waals surface area contributed by atoms with E-state index in [9.17, 15) is 9.59 Å². The number of amides is 2. The number of aromatic nitrogens is 2. The molecule has 154 valence electrons. The van der Waals surface area contributed by atoms with Crippen LogP contribution < -0.4 is 10.2 Å². The first-order valence-electron chi connectivity index (χ1n) is 10.0. The number of carbonyl (C=O) groups excluding carboxylic acids is 2. The number of para-hydroxylation sites is 1. The van der Waals surface area contributed by atoms with Gasteiger partial charge in [0.1, 0.15) is 5.69 Å². The lowest BCUT2D eigenvalue weighted by Gasteiger charge is -2.31. The molecule has 1 saturated heterocycles. The molecule has 2 heterocycles. The van der Waals surface area contributed by atoms with Crippen molar-refractivity contribution in [2.75, 3.05) is 31.1 Å². The van der Waals surface area contributed by atoms with E-state index in [2.05, 4.69) is 15.3 Å². The fraction of sp³-hybridized carbons (Fsp3) is 0.429. The standard InChI is InChI=1S/C21H27N5O3/c1-3-26(17-8-6-5-7-9-17)20-22-13-10-18(24-20)19(27)23-16-11-14-25(15-12-16)21(28)29-4-2/h5-10,13,16H,3-4,11-12,14-15H2,1-2H3,(H,23,27). The predicted molar refractivity (Wildman–Crippen MR) is 110 cm³/mol. The van der Waals surface area contributed by atoms with E-state index in [-0.39, 0.29) is 18.0 Å². The first kappa shape index (κ1) is 20.6. The maximum Gasteiger partial charge on any atom is 0.409 e. The summed E-state index contributed by atoms with van der Waals surface area (Å²) in [7, 11) is 0. The molecule has 2 amide bonds. The molecule has 3 rings (SSSR count). The van der Waals surface area contributed by atoms with Crippen molar-refractivity contribution >= 4 is 23.6 Å². The molecule has 0 atom stereocenters. The van der Waals surface area contributed by atoms with Gasteiger partial charge in [-0.3, -0.25) is 4.79 Å². The highest BCUT2D eigenvalue weighted by Crippen LogP contribution is 2.21. The van der Waals surface area contributed by atoms with Crippen molar-refractivity contribution in [3.8, 4) is 0 Å². The number of anilines is 2. The van der Waals surface area contributed by atoms with E-state index in [4.69, 9.17) is 4.74 Å². The van der Waals surface area contributed by atoms with Crippen LogP contribution in [0.25, 0.3) is 0 Å². The van der Waals surface area contributed by atoms with Crippen molar-refractivity contribution in [3.63, 3.8) is 0 Å². The third-order valence-corrected chi connectivity index (χ3v) is 4.86. The van der Waals surface area contributed by atoms with Crippen molar-refractivity contribution in [1.82, 2.24) is 20.2 Å². The van der Waals surface area contributed by atoms with E-state index < -0.39 is 0 Å². The Morgan fingerprint density at radius 3 is 2.55 bits per heavy atom. The summed E-state index contributed by atoms with van der Waals surface area (Å²) in [6.07, 6.45) is 2.69. The second-order valence-corrected chi connectivity index (χ2v) is 6.76. The summed E-state index contributed by atoms with van der Waals surface area (Å²) in [5, 5.41) is 3.02. The number of rotatable bonds is 6. The smallest absolute Gasteiger partial charge is 0.409 e. The Morgan fingerprint density at radius 1 is 1.17 bits per heavy atom. The minimum absolute atomic E-state index is 0.00277. The van der Waals surface area contributed by atoms with Crippen molar-refractivity contribution in [3.05, 3.63) is 48.3 Å². The fourth-order valence-electron chi connectivity index (χ4n) is 3.33. The molecule has 1 fully saturated rings. The minimum Gasteiger partial charge on any atom is -0.450 e. The highest BCUT2D eigenvalue weighted by atomic mass is 16.6. The number of nitrogens with zero attached hydrogens (tertiary/aromatic N) is 4. The van der Waals surface area contributed by atoms with Crippen LogP contribution in [-0.2, 0) is 4.74 Å². The summed E-state index contributed by atoms with van der Waals surface area (Å²) in [5.74, 6) is 0.260. The zero-order valence-corrected chi connectivity index (χ0v) is 16.9. The SMILES string of the molecule is CCOC(=O)N1CCC(NC(=O)c2ccnc(N(CC)c3ccccc3)n2)CC1. The average Bonchev–Trinajstić information content (AvgIpc) is 2.76. The summed E-state index contributed by atoms with van der Waals surface area (Å²) in [6.45, 7) is 5.98. The van der Waals surface area contributed by atoms with Gasteiger partial charge in [-0.25, -0.2) is 14.8 Å². The van der Waals surface area contributed by atoms with Gasteiger partial charge in [0.25, 0.3) is 5.91 Å². The molecule has 0 saturated carbocycles. The summed E-state index contributed by atoms with van der Waals surface area (Å²) in [5.41, 5.74) is 1.30. The maximum atomic E-state index is 12.7. The molecule has 1 aromatic carbocycles. The lowest BCUT2D eigenvalue weighted by Crippen LogP contribution is -2.46. The zero-order valence-electron chi connectivity index (χ0n) is 16.9. The van der Waals surface area contributed by atoms with Crippen molar-refractivity contribution in [2.45, 2.75) is 32.7 Å². The lowest BCUT2D eigenvalue weighted by molar-refractivity contribution is 0.0856. The van der Waals surface area contributed by atoms with Gasteiger partial charge in [-0.1, -0.05) is 18.2 Å². The van der Waals surface area contributed by atoms with Gasteiger partial charge >= 0.3 is 6.09 Å². The van der Waals surface area contributed by atoms with Gasteiger partial charge in [0, 0.05) is 37.6 Å². The molecule has 0 bridgehead atoms. The zero-order chi connectivity index (χ0) is 20.6. The Balaban J connectivity index is 1.62. The summed E-state index contributed by atoms with van der Waals surface area (Å²) in [4.78, 5) is 36.9. The molecule has 1 aliphatic heterocycles. The second kappa shape index (κ2) is 9.86. The number of hydrogen-bond acceptors (Lipinski definition) is 6. The maximum absolute atomic E-state index is 12.7. The molecule has 2 aromatic rings. The second-order valence-electron chi connectivity index (χ2n) is 6.76. The van der Waals surface area contributed by atoms with Crippen LogP contribution in [0.2, 0.25) is 0 Å². The molecule has 1 N–H and O–H groups in total. The van der Waals surface area contributed by atoms with Gasteiger partial charge in [-0.2, -0.15) is 0 Å². The van der Waals surface area contributed by atoms with E-state index in [1.807, 2.05) is 42.2 Å². The lowest BCUT2D eigenvalue weighted by atomic mass is 10.1. The van der Waals surface area contributed by atoms with Crippen LogP contribution in [0.4, 0.5) is 16.4 Å². The van der Waals surface area contributed by atoms with Crippen molar-refractivity contribution in [1.29, 1.82) is 0 Å². The molecule has 0 spiro atoms. The number of likely N-dealkylation sites (tertiary alicyclic amines) is 1. The Kier molecular flexibility index (Phi) is 6.99. The molecule has 0 unspecified atom stereocenters. The quantitative estimate of drug-likeness (QED) is 0.806. The van der Waals surface area contributed by atoms with Crippen LogP contribution in [0, 0.1) is 0 Å². The van der Waals surface area contributed by atoms with Gasteiger partial charge in [0.2, 0.25) is 5.95 Å². The number of carbonyl (C=O) groups is 2. The fourth-order valence-corrected chi connectivity index (χ4v) is 3.33. The normalized spacial score (nSPS) is 14.3. The van der Waals surface area contributed by atoms with Crippen LogP contribution >= 0.6 is 0 Å². The Labute approximate surface area is 170 Å². The molecule has 0 aliphatic carbocycles. The van der Waals surface area contributed by atoms with E-state index in [0.717, 1.165) is 5.69 Å². The van der Waals surface area contributed by atoms with E-state index >= 15 is 0 Å². The number of ether oxygens (including phenoxy) is 1. The number of nitrogens with one attached hydrogen (secondary N) is 1. The highest BCUT2D eigenvalue weighted by Gasteiger charge is 2.25. The van der Waals surface area contributed by atoms with Crippen LogP contribution in [-0.4, -0.2) is 59.2 Å². The monoisotopic (exact) mass is 397 g/mol. The van der Waals surface area contributed by atoms with Gasteiger partial charge < -0.3 is 19.9 Å². The van der Waals surface area contributed by atoms with Crippen LogP contribution in [0.15, 0.2) is 42.6 Å². The summed E-state index contributed by atoms with van der Waals surface area (Å²) < 4.78 is 5.03. The van der Waals surface area contributed by atoms with Crippen LogP contribution in [0.3, 0.4) is 0 Å². The molecule has 1 aliphatic rings. The summed E-state index contributed by atoms with van der Waals surface area (Å²) >= 11 is 0. The molecule has 1 aromatic heterocycles. The van der Waals surface area contributed by atoms with Crippen LogP contribution in [0.1, 0.15) is 37.2 Å². The molecule has 8 heteroatoms. The largest absolute Gasteiger partial charge is 0.450 e. The highest BCUT2D eigenvalue weighted by molar-refractivity contribution is 5.92. The number of benzene rings is 1. The topological polar surface area (TPSA) is 87.7 Å². The minimum atomic E-state index is -0.293. The van der Waals surface area contributed by atoms with Crippen molar-refractivity contribution < 1.29 is 14.3 Å². The van der Waals surface area contributed by atoms with E-state index in [1.165, 1.54) is 0 Å². The Hall–Kier alpha value is -3.16. The number of hydrogen-bond donors (Lipinski definition) is 1. The van der Waals surface area contributed by atoms with Gasteiger partial charge in [-0.05, 0) is 44.9 Å². The predicted octanol–water partition coefficient (Wildman–Crippen LogP) is 2.99. The molecular weight excluding hydrogens is 370 g/mol. The third-order valence-electron chi connectivity index (χ3n) is 4.86. The molecule has 8 nitrogen and oxygen atoms in total. The Morgan fingerprint density at radius 2 is 1.90 bits per heavy atom. The molecule has 0 radical (unpaired) electrons. The summed E-state index contributed by atoms with van der Waals surface area (Å²) in [6, 6.07) is 11.5. The average molecular weight is 397 g/mol. The third kappa shape index (κ3) is 5.22. The molecular formula is C21H27N5O3. The van der Waals surface area contributed by atoms with Crippen LogP contribution in [0.5, 0.6) is 0 Å². The Bertz CT molecular complexity index is 822. The molecule has 29 heavy (non-hydrogen) atoms. The number of piperidine rings is 1. The van der Waals surface area contributed by atoms with E-state index in [0.29, 0.717) is 50.7 Å². The first-order chi connectivity index (χ1) is 14.1.